The Labute approximate surface area is 143 Å². The van der Waals surface area contributed by atoms with Gasteiger partial charge in [-0.2, -0.15) is 0 Å². The van der Waals surface area contributed by atoms with Gasteiger partial charge in [-0.05, 0) is 23.3 Å². The summed E-state index contributed by atoms with van der Waals surface area (Å²) in [5, 5.41) is 6.18. The highest BCUT2D eigenvalue weighted by atomic mass is 16.5. The lowest BCUT2D eigenvalue weighted by atomic mass is 10.2. The second-order valence-corrected chi connectivity index (χ2v) is 5.38. The number of carbonyl (C=O) groups excluding carboxylic acids is 1. The summed E-state index contributed by atoms with van der Waals surface area (Å²) in [6.07, 6.45) is 0.445. The van der Waals surface area contributed by atoms with E-state index in [1.807, 2.05) is 48.5 Å². The second-order valence-electron chi connectivity index (χ2n) is 5.38. The molecule has 0 spiro atoms. The average Bonchev–Trinajstić information content (AvgIpc) is 2.64. The van der Waals surface area contributed by atoms with Gasteiger partial charge in [-0.1, -0.05) is 36.4 Å². The van der Waals surface area contributed by atoms with Crippen molar-refractivity contribution in [3.8, 4) is 11.5 Å². The van der Waals surface area contributed by atoms with Crippen LogP contribution >= 0.6 is 0 Å². The van der Waals surface area contributed by atoms with Crippen molar-refractivity contribution in [2.75, 3.05) is 20.8 Å². The van der Waals surface area contributed by atoms with Crippen molar-refractivity contribution in [3.63, 3.8) is 0 Å². The molecule has 0 radical (unpaired) electrons. The molecule has 1 amide bonds. The van der Waals surface area contributed by atoms with Crippen molar-refractivity contribution in [3.05, 3.63) is 59.7 Å². The molecule has 5 nitrogen and oxygen atoms in total. The molecule has 2 aromatic rings. The second kappa shape index (κ2) is 9.57. The molecule has 2 N–H and O–H groups in total. The third-order valence-electron chi connectivity index (χ3n) is 3.64. The van der Waals surface area contributed by atoms with Crippen molar-refractivity contribution in [1.82, 2.24) is 10.6 Å². The molecule has 128 valence electrons. The fraction of sp³-hybridized carbons (Fsp3) is 0.316. The van der Waals surface area contributed by atoms with Crippen LogP contribution in [0.25, 0.3) is 0 Å². The van der Waals surface area contributed by atoms with Crippen LogP contribution in [-0.2, 0) is 17.9 Å². The normalized spacial score (nSPS) is 10.2. The first-order valence-corrected chi connectivity index (χ1v) is 7.95. The van der Waals surface area contributed by atoms with Crippen LogP contribution < -0.4 is 20.1 Å². The number of hydrogen-bond donors (Lipinski definition) is 2. The van der Waals surface area contributed by atoms with Gasteiger partial charge in [0.25, 0.3) is 0 Å². The van der Waals surface area contributed by atoms with Gasteiger partial charge < -0.3 is 20.1 Å². The van der Waals surface area contributed by atoms with E-state index in [0.717, 1.165) is 11.1 Å². The molecule has 0 unspecified atom stereocenters. The number of hydrogen-bond acceptors (Lipinski definition) is 4. The van der Waals surface area contributed by atoms with Crippen molar-refractivity contribution >= 4 is 5.91 Å². The van der Waals surface area contributed by atoms with Gasteiger partial charge in [-0.15, -0.1) is 0 Å². The highest BCUT2D eigenvalue weighted by Crippen LogP contribution is 2.27. The minimum atomic E-state index is 0.0404. The van der Waals surface area contributed by atoms with Crippen LogP contribution in [0.2, 0.25) is 0 Å². The number of ether oxygens (including phenoxy) is 2. The minimum Gasteiger partial charge on any atom is -0.493 e. The SMILES string of the molecule is COc1ccc(CNCCC(=O)NCc2ccccc2)cc1OC. The van der Waals surface area contributed by atoms with Gasteiger partial charge >= 0.3 is 0 Å². The maximum atomic E-state index is 11.8. The van der Waals surface area contributed by atoms with Crippen LogP contribution in [-0.4, -0.2) is 26.7 Å². The zero-order valence-corrected chi connectivity index (χ0v) is 14.2. The zero-order valence-electron chi connectivity index (χ0n) is 14.2. The number of rotatable bonds is 9. The van der Waals surface area contributed by atoms with Gasteiger partial charge in [0.2, 0.25) is 5.91 Å². The van der Waals surface area contributed by atoms with E-state index in [-0.39, 0.29) is 5.91 Å². The van der Waals surface area contributed by atoms with E-state index < -0.39 is 0 Å². The van der Waals surface area contributed by atoms with Crippen molar-refractivity contribution in [1.29, 1.82) is 0 Å². The smallest absolute Gasteiger partial charge is 0.221 e. The van der Waals surface area contributed by atoms with Gasteiger partial charge in [0.05, 0.1) is 14.2 Å². The molecule has 0 heterocycles. The Morgan fingerprint density at radius 1 is 0.917 bits per heavy atom. The van der Waals surface area contributed by atoms with E-state index in [4.69, 9.17) is 9.47 Å². The van der Waals surface area contributed by atoms with Gasteiger partial charge in [-0.3, -0.25) is 4.79 Å². The number of nitrogens with one attached hydrogen (secondary N) is 2. The third-order valence-corrected chi connectivity index (χ3v) is 3.64. The lowest BCUT2D eigenvalue weighted by Crippen LogP contribution is -2.27. The molecule has 0 atom stereocenters. The molecule has 0 aliphatic carbocycles. The molecule has 0 aromatic heterocycles. The molecule has 2 rings (SSSR count). The Morgan fingerprint density at radius 2 is 1.67 bits per heavy atom. The molecule has 0 aliphatic heterocycles. The maximum absolute atomic E-state index is 11.8. The van der Waals surface area contributed by atoms with Crippen LogP contribution in [0, 0.1) is 0 Å². The summed E-state index contributed by atoms with van der Waals surface area (Å²) in [6, 6.07) is 15.7. The standard InChI is InChI=1S/C19H24N2O3/c1-23-17-9-8-16(12-18(17)24-2)13-20-11-10-19(22)21-14-15-6-4-3-5-7-15/h3-9,12,20H,10-11,13-14H2,1-2H3,(H,21,22). The Bertz CT molecular complexity index is 644. The molecular formula is C19H24N2O3. The van der Waals surface area contributed by atoms with E-state index in [2.05, 4.69) is 10.6 Å². The molecule has 0 saturated carbocycles. The van der Waals surface area contributed by atoms with Gasteiger partial charge in [-0.25, -0.2) is 0 Å². The van der Waals surface area contributed by atoms with Crippen LogP contribution in [0.3, 0.4) is 0 Å². The van der Waals surface area contributed by atoms with E-state index in [9.17, 15) is 4.79 Å². The molecule has 2 aromatic carbocycles. The van der Waals surface area contributed by atoms with Crippen molar-refractivity contribution in [2.45, 2.75) is 19.5 Å². The Balaban J connectivity index is 1.68. The minimum absolute atomic E-state index is 0.0404. The van der Waals surface area contributed by atoms with E-state index in [0.29, 0.717) is 37.6 Å². The summed E-state index contributed by atoms with van der Waals surface area (Å²) in [7, 11) is 3.23. The van der Waals surface area contributed by atoms with Gasteiger partial charge in [0.1, 0.15) is 0 Å². The van der Waals surface area contributed by atoms with E-state index in [1.54, 1.807) is 14.2 Å². The summed E-state index contributed by atoms with van der Waals surface area (Å²) < 4.78 is 10.5. The lowest BCUT2D eigenvalue weighted by molar-refractivity contribution is -0.121. The van der Waals surface area contributed by atoms with Crippen LogP contribution in [0.4, 0.5) is 0 Å². The number of carbonyl (C=O) groups is 1. The van der Waals surface area contributed by atoms with E-state index in [1.165, 1.54) is 0 Å². The van der Waals surface area contributed by atoms with Crippen molar-refractivity contribution in [2.24, 2.45) is 0 Å². The number of amides is 1. The third kappa shape index (κ3) is 5.59. The number of benzene rings is 2. The summed E-state index contributed by atoms with van der Waals surface area (Å²) >= 11 is 0. The quantitative estimate of drug-likeness (QED) is 0.695. The Morgan fingerprint density at radius 3 is 2.38 bits per heavy atom. The summed E-state index contributed by atoms with van der Waals surface area (Å²) in [5.74, 6) is 1.46. The molecule has 24 heavy (non-hydrogen) atoms. The largest absolute Gasteiger partial charge is 0.493 e. The molecule has 0 bridgehead atoms. The van der Waals surface area contributed by atoms with Crippen molar-refractivity contribution < 1.29 is 14.3 Å². The fourth-order valence-electron chi connectivity index (χ4n) is 2.31. The predicted molar refractivity (Wildman–Crippen MR) is 94.2 cm³/mol. The average molecular weight is 328 g/mol. The highest BCUT2D eigenvalue weighted by Gasteiger charge is 2.05. The monoisotopic (exact) mass is 328 g/mol. The van der Waals surface area contributed by atoms with Crippen LogP contribution in [0.15, 0.2) is 48.5 Å². The first-order chi connectivity index (χ1) is 11.7. The molecule has 0 saturated heterocycles. The first kappa shape index (κ1) is 17.8. The highest BCUT2D eigenvalue weighted by molar-refractivity contribution is 5.76. The summed E-state index contributed by atoms with van der Waals surface area (Å²) in [4.78, 5) is 11.8. The zero-order chi connectivity index (χ0) is 17.2. The van der Waals surface area contributed by atoms with Crippen LogP contribution in [0.1, 0.15) is 17.5 Å². The summed E-state index contributed by atoms with van der Waals surface area (Å²) in [6.45, 7) is 1.86. The predicted octanol–water partition coefficient (Wildman–Crippen LogP) is 2.50. The Hall–Kier alpha value is -2.53. The maximum Gasteiger partial charge on any atom is 0.221 e. The molecule has 5 heteroatoms. The molecule has 0 fully saturated rings. The number of methoxy groups -OCH3 is 2. The first-order valence-electron chi connectivity index (χ1n) is 7.95. The fourth-order valence-corrected chi connectivity index (χ4v) is 2.31. The molecular weight excluding hydrogens is 304 g/mol. The topological polar surface area (TPSA) is 59.6 Å². The lowest BCUT2D eigenvalue weighted by Gasteiger charge is -2.10. The Kier molecular flexibility index (Phi) is 7.11. The van der Waals surface area contributed by atoms with Crippen LogP contribution in [0.5, 0.6) is 11.5 Å². The molecule has 0 aliphatic rings. The van der Waals surface area contributed by atoms with Gasteiger partial charge in [0.15, 0.2) is 11.5 Å². The summed E-state index contributed by atoms with van der Waals surface area (Å²) in [5.41, 5.74) is 2.18. The van der Waals surface area contributed by atoms with E-state index >= 15 is 0 Å². The van der Waals surface area contributed by atoms with Gasteiger partial charge in [0, 0.05) is 26.1 Å².